The third-order valence-corrected chi connectivity index (χ3v) is 5.68. The van der Waals surface area contributed by atoms with Crippen LogP contribution >= 0.6 is 35.0 Å². The number of rotatable bonds is 4. The van der Waals surface area contributed by atoms with E-state index >= 15 is 0 Å². The van der Waals surface area contributed by atoms with Crippen molar-refractivity contribution in [1.29, 1.82) is 5.41 Å². The van der Waals surface area contributed by atoms with Crippen LogP contribution in [0.3, 0.4) is 0 Å². The summed E-state index contributed by atoms with van der Waals surface area (Å²) in [7, 11) is 0. The summed E-state index contributed by atoms with van der Waals surface area (Å²) < 4.78 is 5.81. The predicted octanol–water partition coefficient (Wildman–Crippen LogP) is 5.92. The van der Waals surface area contributed by atoms with Crippen LogP contribution in [0.4, 0.5) is 0 Å². The zero-order valence-electron chi connectivity index (χ0n) is 15.6. The number of nitrogens with one attached hydrogen (secondary N) is 1. The first-order valence-corrected chi connectivity index (χ1v) is 10.4. The molecule has 2 aliphatic rings. The molecule has 1 aromatic heterocycles. The lowest BCUT2D eigenvalue weighted by Gasteiger charge is -2.19. The van der Waals surface area contributed by atoms with Crippen LogP contribution in [-0.2, 0) is 4.79 Å². The second-order valence-corrected chi connectivity index (χ2v) is 8.82. The number of furan rings is 1. The Morgan fingerprint density at radius 3 is 2.83 bits per heavy atom. The predicted molar refractivity (Wildman–Crippen MR) is 119 cm³/mol. The van der Waals surface area contributed by atoms with E-state index in [1.54, 1.807) is 30.3 Å². The van der Waals surface area contributed by atoms with Gasteiger partial charge in [0.05, 0.1) is 10.6 Å². The minimum absolute atomic E-state index is 0.0232. The summed E-state index contributed by atoms with van der Waals surface area (Å²) >= 11 is 13.6. The quantitative estimate of drug-likeness (QED) is 0.590. The molecule has 9 heteroatoms. The minimum atomic E-state index is -0.492. The van der Waals surface area contributed by atoms with Crippen molar-refractivity contribution in [1.82, 2.24) is 5.01 Å². The fourth-order valence-corrected chi connectivity index (χ4v) is 4.35. The lowest BCUT2D eigenvalue weighted by atomic mass is 10.1. The molecular weight excluding hydrogens is 431 g/mol. The molecule has 0 unspecified atom stereocenters. The molecular formula is C20H16Cl2N4O2S. The molecule has 0 saturated heterocycles. The lowest BCUT2D eigenvalue weighted by Crippen LogP contribution is -2.35. The van der Waals surface area contributed by atoms with Crippen molar-refractivity contribution in [2.75, 3.05) is 0 Å². The third kappa shape index (κ3) is 4.03. The number of aliphatic imine (C=N–C) groups is 1. The van der Waals surface area contributed by atoms with Crippen LogP contribution in [0.15, 0.2) is 50.4 Å². The molecule has 0 spiro atoms. The molecule has 2 aromatic rings. The van der Waals surface area contributed by atoms with Crippen molar-refractivity contribution >= 4 is 63.0 Å². The number of hydrogen-bond donors (Lipinski definition) is 1. The Balaban J connectivity index is 1.63. The molecule has 4 rings (SSSR count). The standard InChI is InChI=1S/C20H16Cl2N4O2S/c1-10(2)7-17-25-26-18(23)14(19(27)24-20(26)29-17)9-12-4-6-16(28-12)13-8-11(21)3-5-15(13)22/h3-6,8-10,23H,7H2,1-2H3/b14-9-,23-18?. The highest BCUT2D eigenvalue weighted by Gasteiger charge is 2.35. The van der Waals surface area contributed by atoms with Crippen LogP contribution in [0.25, 0.3) is 17.4 Å². The summed E-state index contributed by atoms with van der Waals surface area (Å²) in [6, 6.07) is 8.52. The fraction of sp³-hybridized carbons (Fsp3) is 0.200. The van der Waals surface area contributed by atoms with Crippen molar-refractivity contribution in [2.45, 2.75) is 20.3 Å². The van der Waals surface area contributed by atoms with Gasteiger partial charge >= 0.3 is 0 Å². The number of hydrogen-bond acceptors (Lipinski definition) is 5. The van der Waals surface area contributed by atoms with Crippen molar-refractivity contribution in [3.63, 3.8) is 0 Å². The van der Waals surface area contributed by atoms with Crippen LogP contribution in [0, 0.1) is 11.3 Å². The molecule has 2 aliphatic heterocycles. The Hall–Kier alpha value is -2.35. The van der Waals surface area contributed by atoms with Crippen LogP contribution in [0.5, 0.6) is 0 Å². The van der Waals surface area contributed by atoms with Gasteiger partial charge in [0.15, 0.2) is 5.84 Å². The highest BCUT2D eigenvalue weighted by Crippen LogP contribution is 2.34. The van der Waals surface area contributed by atoms with Gasteiger partial charge in [0.25, 0.3) is 5.91 Å². The summed E-state index contributed by atoms with van der Waals surface area (Å²) in [6.07, 6.45) is 2.26. The number of benzene rings is 1. The summed E-state index contributed by atoms with van der Waals surface area (Å²) in [5, 5.41) is 16.5. The number of nitrogens with zero attached hydrogens (tertiary/aromatic N) is 3. The number of amides is 1. The van der Waals surface area contributed by atoms with Gasteiger partial charge in [-0.2, -0.15) is 15.1 Å². The molecule has 0 saturated carbocycles. The first-order valence-electron chi connectivity index (χ1n) is 8.86. The molecule has 6 nitrogen and oxygen atoms in total. The average molecular weight is 447 g/mol. The molecule has 1 N–H and O–H groups in total. The van der Waals surface area contributed by atoms with Gasteiger partial charge in [-0.05, 0) is 54.1 Å². The highest BCUT2D eigenvalue weighted by atomic mass is 35.5. The summed E-state index contributed by atoms with van der Waals surface area (Å²) in [4.78, 5) is 16.6. The maximum atomic E-state index is 12.5. The van der Waals surface area contributed by atoms with Crippen LogP contribution in [0.1, 0.15) is 26.0 Å². The number of carbonyl (C=O) groups excluding carboxylic acids is 1. The van der Waals surface area contributed by atoms with Crippen LogP contribution < -0.4 is 0 Å². The smallest absolute Gasteiger partial charge is 0.283 e. The molecule has 0 aliphatic carbocycles. The number of thioether (sulfide) groups is 1. The lowest BCUT2D eigenvalue weighted by molar-refractivity contribution is -0.114. The van der Waals surface area contributed by atoms with E-state index in [9.17, 15) is 4.79 Å². The van der Waals surface area contributed by atoms with Crippen molar-refractivity contribution in [2.24, 2.45) is 16.0 Å². The largest absolute Gasteiger partial charge is 0.457 e. The maximum absolute atomic E-state index is 12.5. The van der Waals surface area contributed by atoms with Gasteiger partial charge in [0.1, 0.15) is 16.6 Å². The molecule has 29 heavy (non-hydrogen) atoms. The summed E-state index contributed by atoms with van der Waals surface area (Å²) in [5.74, 6) is 0.819. The average Bonchev–Trinajstić information content (AvgIpc) is 3.27. The molecule has 0 bridgehead atoms. The normalized spacial score (nSPS) is 17.8. The second-order valence-electron chi connectivity index (χ2n) is 6.94. The van der Waals surface area contributed by atoms with Gasteiger partial charge < -0.3 is 4.42 Å². The number of carbonyl (C=O) groups is 1. The zero-order valence-corrected chi connectivity index (χ0v) is 17.9. The monoisotopic (exact) mass is 446 g/mol. The van der Waals surface area contributed by atoms with Crippen molar-refractivity contribution in [3.05, 3.63) is 51.7 Å². The summed E-state index contributed by atoms with van der Waals surface area (Å²) in [6.45, 7) is 4.18. The molecule has 3 heterocycles. The Bertz CT molecular complexity index is 1120. The molecule has 148 valence electrons. The molecule has 1 aromatic carbocycles. The number of fused-ring (bicyclic) bond motifs is 1. The Kier molecular flexibility index (Phi) is 5.38. The van der Waals surface area contributed by atoms with E-state index in [1.807, 2.05) is 0 Å². The molecule has 0 atom stereocenters. The van der Waals surface area contributed by atoms with Crippen LogP contribution in [-0.4, -0.2) is 27.0 Å². The van der Waals surface area contributed by atoms with Gasteiger partial charge in [-0.1, -0.05) is 37.0 Å². The van der Waals surface area contributed by atoms with E-state index < -0.39 is 5.91 Å². The van der Waals surface area contributed by atoms with Gasteiger partial charge in [-0.3, -0.25) is 10.2 Å². The Morgan fingerprint density at radius 2 is 2.07 bits per heavy atom. The zero-order chi connectivity index (χ0) is 20.7. The first-order chi connectivity index (χ1) is 13.8. The number of halogens is 2. The number of amidine groups is 2. The van der Waals surface area contributed by atoms with E-state index in [4.69, 9.17) is 33.0 Å². The van der Waals surface area contributed by atoms with E-state index in [0.717, 1.165) is 11.5 Å². The van der Waals surface area contributed by atoms with E-state index in [2.05, 4.69) is 23.9 Å². The van der Waals surface area contributed by atoms with Gasteiger partial charge in [-0.15, -0.1) is 0 Å². The number of hydrazone groups is 1. The van der Waals surface area contributed by atoms with E-state index in [0.29, 0.717) is 38.2 Å². The van der Waals surface area contributed by atoms with E-state index in [1.165, 1.54) is 22.8 Å². The summed E-state index contributed by atoms with van der Waals surface area (Å²) in [5.41, 5.74) is 0.759. The maximum Gasteiger partial charge on any atom is 0.283 e. The first kappa shape index (κ1) is 19.9. The second kappa shape index (κ2) is 7.82. The fourth-order valence-electron chi connectivity index (χ4n) is 2.87. The van der Waals surface area contributed by atoms with Gasteiger partial charge in [0, 0.05) is 17.0 Å². The topological polar surface area (TPSA) is 82.0 Å². The Labute approximate surface area is 181 Å². The van der Waals surface area contributed by atoms with Gasteiger partial charge in [0.2, 0.25) is 5.17 Å². The molecule has 0 fully saturated rings. The minimum Gasteiger partial charge on any atom is -0.457 e. The van der Waals surface area contributed by atoms with Gasteiger partial charge in [-0.25, -0.2) is 0 Å². The Morgan fingerprint density at radius 1 is 1.28 bits per heavy atom. The van der Waals surface area contributed by atoms with Crippen molar-refractivity contribution < 1.29 is 9.21 Å². The van der Waals surface area contributed by atoms with Crippen molar-refractivity contribution in [3.8, 4) is 11.3 Å². The van der Waals surface area contributed by atoms with E-state index in [-0.39, 0.29) is 11.4 Å². The molecule has 0 radical (unpaired) electrons. The highest BCUT2D eigenvalue weighted by molar-refractivity contribution is 8.26. The third-order valence-electron chi connectivity index (χ3n) is 4.19. The SMILES string of the molecule is CC(C)CC1=NN2C(=N)/C(=C/c3ccc(-c4cc(Cl)ccc4Cl)o3)C(=O)N=C2S1. The molecule has 1 amide bonds. The van der Waals surface area contributed by atoms with Crippen LogP contribution in [0.2, 0.25) is 10.0 Å².